The van der Waals surface area contributed by atoms with E-state index in [0.29, 0.717) is 6.42 Å². The van der Waals surface area contributed by atoms with E-state index >= 15 is 0 Å². The molecule has 0 fully saturated rings. The van der Waals surface area contributed by atoms with Crippen molar-refractivity contribution in [2.24, 2.45) is 5.73 Å². The number of rotatable bonds is 54. The highest BCUT2D eigenvalue weighted by Gasteiger charge is 2.26. The maximum atomic E-state index is 12.6. The second-order valence-corrected chi connectivity index (χ2v) is 20.6. The molecule has 65 heavy (non-hydrogen) atoms. The van der Waals surface area contributed by atoms with Crippen LogP contribution < -0.4 is 5.73 Å². The number of nitrogens with two attached hydrogens (primary N) is 1. The van der Waals surface area contributed by atoms with E-state index in [1.165, 1.54) is 231 Å². The lowest BCUT2D eigenvalue weighted by molar-refractivity contribution is -0.161. The summed E-state index contributed by atoms with van der Waals surface area (Å²) in [6.07, 6.45) is 59.1. The molecule has 9 nitrogen and oxygen atoms in total. The fourth-order valence-electron chi connectivity index (χ4n) is 8.46. The van der Waals surface area contributed by atoms with Crippen LogP contribution in [0.2, 0.25) is 0 Å². The van der Waals surface area contributed by atoms with Crippen LogP contribution in [0.3, 0.4) is 0 Å². The van der Waals surface area contributed by atoms with Crippen LogP contribution in [-0.2, 0) is 32.7 Å². The molecule has 0 aliphatic carbocycles. The van der Waals surface area contributed by atoms with Gasteiger partial charge in [-0.3, -0.25) is 18.6 Å². The number of phosphoric ester groups is 1. The van der Waals surface area contributed by atoms with Gasteiger partial charge in [-0.25, -0.2) is 4.57 Å². The first-order chi connectivity index (χ1) is 31.8. The molecular formula is C55H108NO8P. The molecule has 0 aromatic rings. The summed E-state index contributed by atoms with van der Waals surface area (Å²) in [5.74, 6) is -0.820. The van der Waals surface area contributed by atoms with Crippen molar-refractivity contribution in [2.75, 3.05) is 26.4 Å². The Bertz CT molecular complexity index is 1070. The maximum absolute atomic E-state index is 12.6. The molecule has 0 heterocycles. The van der Waals surface area contributed by atoms with Gasteiger partial charge in [-0.05, 0) is 38.5 Å². The lowest BCUT2D eigenvalue weighted by Crippen LogP contribution is -2.29. The molecule has 0 radical (unpaired) electrons. The van der Waals surface area contributed by atoms with Crippen molar-refractivity contribution in [3.63, 3.8) is 0 Å². The number of unbranched alkanes of at least 4 members (excludes halogenated alkanes) is 39. The predicted octanol–water partition coefficient (Wildman–Crippen LogP) is 17.3. The molecule has 0 rings (SSSR count). The van der Waals surface area contributed by atoms with Crippen molar-refractivity contribution in [3.05, 3.63) is 12.2 Å². The van der Waals surface area contributed by atoms with Gasteiger partial charge in [0, 0.05) is 19.4 Å². The van der Waals surface area contributed by atoms with Crippen LogP contribution in [0, 0.1) is 0 Å². The van der Waals surface area contributed by atoms with Crippen molar-refractivity contribution in [2.45, 2.75) is 302 Å². The van der Waals surface area contributed by atoms with Crippen molar-refractivity contribution in [1.29, 1.82) is 0 Å². The number of hydrogen-bond donors (Lipinski definition) is 2. The highest BCUT2D eigenvalue weighted by molar-refractivity contribution is 7.47. The third kappa shape index (κ3) is 52.0. The Labute approximate surface area is 402 Å². The minimum absolute atomic E-state index is 0.0571. The van der Waals surface area contributed by atoms with Crippen LogP contribution in [0.15, 0.2) is 12.2 Å². The molecule has 386 valence electrons. The van der Waals surface area contributed by atoms with Gasteiger partial charge in [0.05, 0.1) is 13.2 Å². The number of carbonyl (C=O) groups excluding carboxylic acids is 2. The van der Waals surface area contributed by atoms with Gasteiger partial charge in [0.15, 0.2) is 6.10 Å². The fourth-order valence-corrected chi connectivity index (χ4v) is 9.22. The Kier molecular flexibility index (Phi) is 51.1. The zero-order valence-corrected chi connectivity index (χ0v) is 43.9. The quantitative estimate of drug-likeness (QED) is 0.0264. The number of allylic oxidation sites excluding steroid dienone is 2. The Morgan fingerprint density at radius 3 is 1.09 bits per heavy atom. The van der Waals surface area contributed by atoms with Crippen LogP contribution in [-0.4, -0.2) is 49.3 Å². The molecule has 10 heteroatoms. The Hall–Kier alpha value is -1.25. The summed E-state index contributed by atoms with van der Waals surface area (Å²) in [5, 5.41) is 0. The zero-order valence-electron chi connectivity index (χ0n) is 43.0. The van der Waals surface area contributed by atoms with E-state index < -0.39 is 26.5 Å². The molecule has 0 spiro atoms. The largest absolute Gasteiger partial charge is 0.472 e. The van der Waals surface area contributed by atoms with E-state index in [1.54, 1.807) is 0 Å². The van der Waals surface area contributed by atoms with E-state index in [-0.39, 0.29) is 38.6 Å². The number of ether oxygens (including phenoxy) is 2. The molecule has 0 aromatic heterocycles. The lowest BCUT2D eigenvalue weighted by Gasteiger charge is -2.19. The van der Waals surface area contributed by atoms with Gasteiger partial charge < -0.3 is 20.1 Å². The molecule has 2 unspecified atom stereocenters. The summed E-state index contributed by atoms with van der Waals surface area (Å²) in [5.41, 5.74) is 5.35. The summed E-state index contributed by atoms with van der Waals surface area (Å²) in [6.45, 7) is 3.72. The lowest BCUT2D eigenvalue weighted by atomic mass is 10.0. The summed E-state index contributed by atoms with van der Waals surface area (Å²) < 4.78 is 32.7. The SMILES string of the molecule is CCCCCCCCCC/C=C\CCCCCCCCCCCCCCCCCCCCCCCCCCCC(=O)OC(COC(=O)CCCCCCCCC)COP(=O)(O)OCCN. The van der Waals surface area contributed by atoms with Gasteiger partial charge in [-0.2, -0.15) is 0 Å². The topological polar surface area (TPSA) is 134 Å². The Morgan fingerprint density at radius 2 is 0.754 bits per heavy atom. The molecule has 0 aliphatic heterocycles. The summed E-state index contributed by atoms with van der Waals surface area (Å²) in [7, 11) is -4.37. The van der Waals surface area contributed by atoms with Crippen LogP contribution >= 0.6 is 7.82 Å². The van der Waals surface area contributed by atoms with E-state index in [0.717, 1.165) is 32.1 Å². The molecule has 2 atom stereocenters. The van der Waals surface area contributed by atoms with Gasteiger partial charge in [0.2, 0.25) is 0 Å². The van der Waals surface area contributed by atoms with Crippen molar-refractivity contribution in [1.82, 2.24) is 0 Å². The molecule has 0 amide bonds. The van der Waals surface area contributed by atoms with Crippen LogP contribution in [0.25, 0.3) is 0 Å². The average molecular weight is 942 g/mol. The van der Waals surface area contributed by atoms with Gasteiger partial charge in [0.25, 0.3) is 0 Å². The van der Waals surface area contributed by atoms with Crippen LogP contribution in [0.4, 0.5) is 0 Å². The Balaban J connectivity index is 3.64. The van der Waals surface area contributed by atoms with Gasteiger partial charge in [-0.15, -0.1) is 0 Å². The minimum Gasteiger partial charge on any atom is -0.462 e. The average Bonchev–Trinajstić information content (AvgIpc) is 3.30. The zero-order chi connectivity index (χ0) is 47.4. The van der Waals surface area contributed by atoms with E-state index in [4.69, 9.17) is 24.3 Å². The summed E-state index contributed by atoms with van der Waals surface area (Å²) in [6, 6.07) is 0. The first kappa shape index (κ1) is 63.8. The number of phosphoric acid groups is 1. The molecule has 0 saturated heterocycles. The van der Waals surface area contributed by atoms with Crippen LogP contribution in [0.1, 0.15) is 296 Å². The highest BCUT2D eigenvalue weighted by atomic mass is 31.2. The van der Waals surface area contributed by atoms with E-state index in [2.05, 4.69) is 26.0 Å². The van der Waals surface area contributed by atoms with Gasteiger partial charge in [0.1, 0.15) is 6.61 Å². The van der Waals surface area contributed by atoms with Crippen molar-refractivity contribution < 1.29 is 37.6 Å². The van der Waals surface area contributed by atoms with Gasteiger partial charge >= 0.3 is 19.8 Å². The monoisotopic (exact) mass is 942 g/mol. The molecule has 0 aromatic carbocycles. The molecular weight excluding hydrogens is 834 g/mol. The van der Waals surface area contributed by atoms with Crippen molar-refractivity contribution >= 4 is 19.8 Å². The highest BCUT2D eigenvalue weighted by Crippen LogP contribution is 2.43. The van der Waals surface area contributed by atoms with Crippen LogP contribution in [0.5, 0.6) is 0 Å². The standard InChI is InChI=1S/C55H108NO8P/c1-3-5-7-9-11-12-13-14-15-16-17-18-19-20-21-22-23-24-25-26-27-28-29-30-31-32-33-34-35-36-37-38-39-40-42-44-46-48-55(58)64-53(52-63-65(59,60)62-50-49-56)51-61-54(57)47-45-43-41-10-8-6-4-2/h16-17,53H,3-15,18-52,56H2,1-2H3,(H,59,60)/b17-16-. The maximum Gasteiger partial charge on any atom is 0.472 e. The summed E-state index contributed by atoms with van der Waals surface area (Å²) in [4.78, 5) is 34.8. The summed E-state index contributed by atoms with van der Waals surface area (Å²) >= 11 is 0. The minimum atomic E-state index is -4.37. The fraction of sp³-hybridized carbons (Fsp3) is 0.927. The third-order valence-corrected chi connectivity index (χ3v) is 13.6. The molecule has 0 bridgehead atoms. The molecule has 0 aliphatic rings. The number of carbonyl (C=O) groups is 2. The predicted molar refractivity (Wildman–Crippen MR) is 275 cm³/mol. The normalized spacial score (nSPS) is 13.1. The second-order valence-electron chi connectivity index (χ2n) is 19.2. The second kappa shape index (κ2) is 52.1. The molecule has 0 saturated carbocycles. The Morgan fingerprint density at radius 1 is 0.446 bits per heavy atom. The third-order valence-electron chi connectivity index (χ3n) is 12.7. The van der Waals surface area contributed by atoms with E-state index in [1.807, 2.05) is 0 Å². The molecule has 3 N–H and O–H groups in total. The van der Waals surface area contributed by atoms with E-state index in [9.17, 15) is 19.0 Å². The van der Waals surface area contributed by atoms with Crippen molar-refractivity contribution in [3.8, 4) is 0 Å². The first-order valence-electron chi connectivity index (χ1n) is 28.2. The number of esters is 2. The number of hydrogen-bond acceptors (Lipinski definition) is 8. The first-order valence-corrected chi connectivity index (χ1v) is 29.7. The van der Waals surface area contributed by atoms with Gasteiger partial charge in [-0.1, -0.05) is 257 Å². The smallest absolute Gasteiger partial charge is 0.462 e.